The number of aryl methyl sites for hydroxylation is 1. The third-order valence-corrected chi connectivity index (χ3v) is 3.27. The Morgan fingerprint density at radius 3 is 2.81 bits per heavy atom. The molecule has 1 heterocycles. The molecule has 0 saturated carbocycles. The molecule has 2 aromatic rings. The lowest BCUT2D eigenvalue weighted by atomic mass is 10.1. The number of nitrogens with two attached hydrogens (primary N) is 1. The number of anilines is 1. The van der Waals surface area contributed by atoms with Crippen LogP contribution in [0.25, 0.3) is 0 Å². The molecule has 21 heavy (non-hydrogen) atoms. The lowest BCUT2D eigenvalue weighted by Crippen LogP contribution is -2.24. The van der Waals surface area contributed by atoms with Crippen LogP contribution in [0.5, 0.6) is 0 Å². The van der Waals surface area contributed by atoms with Gasteiger partial charge in [0.2, 0.25) is 0 Å². The maximum absolute atomic E-state index is 12.1. The van der Waals surface area contributed by atoms with Crippen molar-refractivity contribution < 1.29 is 9.72 Å². The Labute approximate surface area is 120 Å². The van der Waals surface area contributed by atoms with Gasteiger partial charge in [0.15, 0.2) is 0 Å². The number of carbonyl (C=O) groups excluding carboxylic acids is 1. The second-order valence-electron chi connectivity index (χ2n) is 4.56. The molecular weight excluding hydrogens is 274 g/mol. The van der Waals surface area contributed by atoms with Gasteiger partial charge in [-0.2, -0.15) is 5.10 Å². The van der Waals surface area contributed by atoms with Crippen LogP contribution in [0.3, 0.4) is 0 Å². The van der Waals surface area contributed by atoms with Crippen molar-refractivity contribution in [3.63, 3.8) is 0 Å². The van der Waals surface area contributed by atoms with E-state index >= 15 is 0 Å². The number of nitrogens with one attached hydrogen (secondary N) is 1. The van der Waals surface area contributed by atoms with Crippen LogP contribution in [-0.2, 0) is 13.6 Å². The highest BCUT2D eigenvalue weighted by atomic mass is 16.6. The number of rotatable bonds is 4. The lowest BCUT2D eigenvalue weighted by molar-refractivity contribution is -0.384. The maximum Gasteiger partial charge on any atom is 0.304 e. The average Bonchev–Trinajstić information content (AvgIpc) is 2.75. The van der Waals surface area contributed by atoms with Gasteiger partial charge in [-0.15, -0.1) is 0 Å². The van der Waals surface area contributed by atoms with Gasteiger partial charge in [0.05, 0.1) is 11.1 Å². The van der Waals surface area contributed by atoms with Gasteiger partial charge in [0.1, 0.15) is 11.3 Å². The predicted molar refractivity (Wildman–Crippen MR) is 76.6 cm³/mol. The fourth-order valence-electron chi connectivity index (χ4n) is 1.94. The Balaban J connectivity index is 2.20. The van der Waals surface area contributed by atoms with E-state index in [1.165, 1.54) is 18.2 Å². The minimum atomic E-state index is -0.653. The van der Waals surface area contributed by atoms with Crippen LogP contribution < -0.4 is 11.1 Å². The standard InChI is InChI=1S/C13H15N5O3/c1-8-9(7-16-17(8)2)6-15-13(19)10-4-3-5-11(14)12(10)18(20)21/h3-5,7H,6,14H2,1-2H3,(H,15,19). The summed E-state index contributed by atoms with van der Waals surface area (Å²) in [4.78, 5) is 22.5. The molecule has 110 valence electrons. The molecule has 0 bridgehead atoms. The van der Waals surface area contributed by atoms with Gasteiger partial charge in [0, 0.05) is 24.8 Å². The second-order valence-corrected chi connectivity index (χ2v) is 4.56. The topological polar surface area (TPSA) is 116 Å². The van der Waals surface area contributed by atoms with Gasteiger partial charge >= 0.3 is 5.69 Å². The number of amides is 1. The number of nitrogen functional groups attached to an aromatic ring is 1. The molecule has 8 nitrogen and oxygen atoms in total. The Kier molecular flexibility index (Phi) is 3.88. The zero-order chi connectivity index (χ0) is 15.6. The van der Waals surface area contributed by atoms with Crippen LogP contribution in [0.4, 0.5) is 11.4 Å². The Morgan fingerprint density at radius 2 is 2.24 bits per heavy atom. The molecule has 0 atom stereocenters. The SMILES string of the molecule is Cc1c(CNC(=O)c2cccc(N)c2[N+](=O)[O-])cnn1C. The van der Waals surface area contributed by atoms with E-state index in [1.54, 1.807) is 17.9 Å². The molecule has 0 unspecified atom stereocenters. The molecule has 1 aromatic heterocycles. The van der Waals surface area contributed by atoms with Crippen LogP contribution >= 0.6 is 0 Å². The van der Waals surface area contributed by atoms with Gasteiger partial charge in [-0.3, -0.25) is 19.6 Å². The number of nitro benzene ring substituents is 1. The molecule has 0 saturated heterocycles. The first kappa shape index (κ1) is 14.5. The molecule has 3 N–H and O–H groups in total. The van der Waals surface area contributed by atoms with Gasteiger partial charge in [-0.1, -0.05) is 6.07 Å². The van der Waals surface area contributed by atoms with Crippen LogP contribution in [0.2, 0.25) is 0 Å². The van der Waals surface area contributed by atoms with Crippen molar-refractivity contribution in [2.24, 2.45) is 7.05 Å². The summed E-state index contributed by atoms with van der Waals surface area (Å²) in [5.74, 6) is -0.544. The highest BCUT2D eigenvalue weighted by Gasteiger charge is 2.23. The maximum atomic E-state index is 12.1. The van der Waals surface area contributed by atoms with Gasteiger partial charge in [0.25, 0.3) is 5.91 Å². The first-order chi connectivity index (χ1) is 9.91. The number of hydrogen-bond acceptors (Lipinski definition) is 5. The first-order valence-corrected chi connectivity index (χ1v) is 6.20. The van der Waals surface area contributed by atoms with Gasteiger partial charge in [-0.25, -0.2) is 0 Å². The van der Waals surface area contributed by atoms with E-state index in [9.17, 15) is 14.9 Å². The van der Waals surface area contributed by atoms with Crippen molar-refractivity contribution >= 4 is 17.3 Å². The number of para-hydroxylation sites is 1. The smallest absolute Gasteiger partial charge is 0.304 e. The molecule has 2 rings (SSSR count). The van der Waals surface area contributed by atoms with Gasteiger partial charge < -0.3 is 11.1 Å². The quantitative estimate of drug-likeness (QED) is 0.497. The van der Waals surface area contributed by atoms with E-state index in [-0.39, 0.29) is 23.5 Å². The summed E-state index contributed by atoms with van der Waals surface area (Å²) in [5.41, 5.74) is 6.85. The molecule has 1 aromatic carbocycles. The summed E-state index contributed by atoms with van der Waals surface area (Å²) >= 11 is 0. The first-order valence-electron chi connectivity index (χ1n) is 6.20. The van der Waals surface area contributed by atoms with Crippen molar-refractivity contribution in [3.8, 4) is 0 Å². The predicted octanol–water partition coefficient (Wildman–Crippen LogP) is 1.15. The van der Waals surface area contributed by atoms with E-state index in [2.05, 4.69) is 10.4 Å². The van der Waals surface area contributed by atoms with Gasteiger partial charge in [-0.05, 0) is 19.1 Å². The van der Waals surface area contributed by atoms with Crippen molar-refractivity contribution in [1.82, 2.24) is 15.1 Å². The molecule has 1 amide bonds. The zero-order valence-corrected chi connectivity index (χ0v) is 11.7. The third-order valence-electron chi connectivity index (χ3n) is 3.27. The molecule has 0 aliphatic rings. The van der Waals surface area contributed by atoms with Crippen LogP contribution in [0.15, 0.2) is 24.4 Å². The molecule has 0 aliphatic carbocycles. The number of aromatic nitrogens is 2. The number of carbonyl (C=O) groups is 1. The molecule has 0 spiro atoms. The number of nitro groups is 1. The van der Waals surface area contributed by atoms with Crippen molar-refractivity contribution in [1.29, 1.82) is 0 Å². The fraction of sp³-hybridized carbons (Fsp3) is 0.231. The summed E-state index contributed by atoms with van der Waals surface area (Å²) in [5, 5.41) is 17.7. The minimum Gasteiger partial charge on any atom is -0.393 e. The Bertz CT molecular complexity index is 708. The number of nitrogens with zero attached hydrogens (tertiary/aromatic N) is 3. The Morgan fingerprint density at radius 1 is 1.52 bits per heavy atom. The van der Waals surface area contributed by atoms with Crippen LogP contribution in [0, 0.1) is 17.0 Å². The molecule has 0 fully saturated rings. The number of benzene rings is 1. The summed E-state index contributed by atoms with van der Waals surface area (Å²) < 4.78 is 1.68. The minimum absolute atomic E-state index is 0.0368. The Hall–Kier alpha value is -2.90. The van der Waals surface area contributed by atoms with E-state index in [4.69, 9.17) is 5.73 Å². The van der Waals surface area contributed by atoms with Crippen molar-refractivity contribution in [2.75, 3.05) is 5.73 Å². The molecule has 0 aliphatic heterocycles. The summed E-state index contributed by atoms with van der Waals surface area (Å²) in [6.07, 6.45) is 1.64. The third kappa shape index (κ3) is 2.83. The van der Waals surface area contributed by atoms with Crippen LogP contribution in [0.1, 0.15) is 21.6 Å². The average molecular weight is 289 g/mol. The van der Waals surface area contributed by atoms with E-state index < -0.39 is 10.8 Å². The van der Waals surface area contributed by atoms with Crippen LogP contribution in [-0.4, -0.2) is 20.6 Å². The summed E-state index contributed by atoms with van der Waals surface area (Å²) in [6.45, 7) is 2.11. The highest BCUT2D eigenvalue weighted by molar-refractivity contribution is 6.00. The highest BCUT2D eigenvalue weighted by Crippen LogP contribution is 2.25. The number of hydrogen-bond donors (Lipinski definition) is 2. The largest absolute Gasteiger partial charge is 0.393 e. The fourth-order valence-corrected chi connectivity index (χ4v) is 1.94. The lowest BCUT2D eigenvalue weighted by Gasteiger charge is -2.07. The second kappa shape index (κ2) is 5.61. The summed E-state index contributed by atoms with van der Waals surface area (Å²) in [6, 6.07) is 4.27. The molecule has 8 heteroatoms. The zero-order valence-electron chi connectivity index (χ0n) is 11.7. The van der Waals surface area contributed by atoms with Crippen molar-refractivity contribution in [2.45, 2.75) is 13.5 Å². The monoisotopic (exact) mass is 289 g/mol. The normalized spacial score (nSPS) is 10.4. The molecular formula is C13H15N5O3. The molecule has 0 radical (unpaired) electrons. The van der Waals surface area contributed by atoms with Crippen molar-refractivity contribution in [3.05, 3.63) is 51.3 Å². The summed E-state index contributed by atoms with van der Waals surface area (Å²) in [7, 11) is 1.80. The van der Waals surface area contributed by atoms with E-state index in [0.717, 1.165) is 11.3 Å². The van der Waals surface area contributed by atoms with E-state index in [0.29, 0.717) is 0 Å². The van der Waals surface area contributed by atoms with E-state index in [1.807, 2.05) is 6.92 Å².